The summed E-state index contributed by atoms with van der Waals surface area (Å²) in [7, 11) is 1.69. The lowest BCUT2D eigenvalue weighted by Crippen LogP contribution is -2.29. The molecule has 0 radical (unpaired) electrons. The molecule has 2 rings (SSSR count). The molecule has 0 spiro atoms. The van der Waals surface area contributed by atoms with Gasteiger partial charge in [-0.25, -0.2) is 0 Å². The van der Waals surface area contributed by atoms with Crippen molar-refractivity contribution < 1.29 is 9.47 Å². The van der Waals surface area contributed by atoms with E-state index in [1.165, 1.54) is 11.1 Å². The Hall–Kier alpha value is -1.22. The molecular weight excluding hydrogens is 214 g/mol. The van der Waals surface area contributed by atoms with Crippen LogP contribution in [0.2, 0.25) is 0 Å². The molecule has 0 aromatic heterocycles. The van der Waals surface area contributed by atoms with E-state index in [0.717, 1.165) is 24.5 Å². The van der Waals surface area contributed by atoms with E-state index in [2.05, 4.69) is 32.2 Å². The largest absolute Gasteiger partial charge is 0.493 e. The van der Waals surface area contributed by atoms with Crippen LogP contribution in [0.4, 0.5) is 0 Å². The van der Waals surface area contributed by atoms with Gasteiger partial charge in [0.25, 0.3) is 0 Å². The molecule has 17 heavy (non-hydrogen) atoms. The number of hydrogen-bond donors (Lipinski definition) is 1. The first-order chi connectivity index (χ1) is 8.17. The van der Waals surface area contributed by atoms with Gasteiger partial charge in [-0.3, -0.25) is 0 Å². The van der Waals surface area contributed by atoms with Gasteiger partial charge in [0, 0.05) is 5.56 Å². The quantitative estimate of drug-likeness (QED) is 0.870. The minimum atomic E-state index is 0.159. The van der Waals surface area contributed by atoms with E-state index in [0.29, 0.717) is 0 Å². The van der Waals surface area contributed by atoms with Gasteiger partial charge in [-0.05, 0) is 38.4 Å². The molecule has 1 heterocycles. The molecule has 1 aromatic carbocycles. The Balaban J connectivity index is 2.34. The molecule has 3 nitrogen and oxygen atoms in total. The van der Waals surface area contributed by atoms with Crippen LogP contribution in [0.15, 0.2) is 12.1 Å². The highest BCUT2D eigenvalue weighted by atomic mass is 16.5. The maximum atomic E-state index is 5.91. The van der Waals surface area contributed by atoms with Crippen LogP contribution in [0.25, 0.3) is 0 Å². The molecule has 0 saturated heterocycles. The third-order valence-electron chi connectivity index (χ3n) is 3.17. The monoisotopic (exact) mass is 235 g/mol. The van der Waals surface area contributed by atoms with Crippen molar-refractivity contribution in [3.05, 3.63) is 23.3 Å². The molecule has 0 saturated carbocycles. The maximum absolute atomic E-state index is 5.91. The first-order valence-electron chi connectivity index (χ1n) is 6.26. The van der Waals surface area contributed by atoms with Crippen molar-refractivity contribution in [3.8, 4) is 11.5 Å². The lowest BCUT2D eigenvalue weighted by molar-refractivity contribution is 0.203. The number of methoxy groups -OCH3 is 1. The van der Waals surface area contributed by atoms with Crippen LogP contribution in [-0.4, -0.2) is 19.8 Å². The van der Waals surface area contributed by atoms with E-state index >= 15 is 0 Å². The summed E-state index contributed by atoms with van der Waals surface area (Å²) in [6, 6.07) is 4.49. The summed E-state index contributed by atoms with van der Waals surface area (Å²) in [5, 5.41) is 3.54. The fourth-order valence-electron chi connectivity index (χ4n) is 2.36. The zero-order valence-corrected chi connectivity index (χ0v) is 11.0. The fourth-order valence-corrected chi connectivity index (χ4v) is 2.36. The first kappa shape index (κ1) is 12.2. The van der Waals surface area contributed by atoms with Crippen LogP contribution in [0.5, 0.6) is 11.5 Å². The van der Waals surface area contributed by atoms with Gasteiger partial charge in [0.05, 0.1) is 13.2 Å². The highest BCUT2D eigenvalue weighted by Gasteiger charge is 2.33. The zero-order valence-electron chi connectivity index (χ0n) is 11.0. The van der Waals surface area contributed by atoms with Gasteiger partial charge in [-0.15, -0.1) is 0 Å². The Morgan fingerprint density at radius 3 is 2.82 bits per heavy atom. The minimum Gasteiger partial charge on any atom is -0.493 e. The molecule has 1 aliphatic heterocycles. The number of ether oxygens (including phenoxy) is 2. The van der Waals surface area contributed by atoms with Crippen molar-refractivity contribution in [1.29, 1.82) is 0 Å². The summed E-state index contributed by atoms with van der Waals surface area (Å²) >= 11 is 0. The second-order valence-electron chi connectivity index (χ2n) is 4.64. The van der Waals surface area contributed by atoms with Crippen molar-refractivity contribution in [2.45, 2.75) is 39.3 Å². The van der Waals surface area contributed by atoms with Gasteiger partial charge < -0.3 is 14.8 Å². The van der Waals surface area contributed by atoms with E-state index in [1.807, 2.05) is 6.07 Å². The predicted molar refractivity (Wildman–Crippen MR) is 68.9 cm³/mol. The maximum Gasteiger partial charge on any atom is 0.166 e. The Morgan fingerprint density at radius 1 is 1.41 bits per heavy atom. The summed E-state index contributed by atoms with van der Waals surface area (Å²) < 4.78 is 11.3. The molecule has 1 aromatic rings. The Kier molecular flexibility index (Phi) is 3.57. The molecule has 0 amide bonds. The fraction of sp³-hybridized carbons (Fsp3) is 0.571. The van der Waals surface area contributed by atoms with Crippen molar-refractivity contribution >= 4 is 0 Å². The number of aryl methyl sites for hydroxylation is 1. The molecule has 1 N–H and O–H groups in total. The van der Waals surface area contributed by atoms with Gasteiger partial charge in [-0.2, -0.15) is 0 Å². The molecule has 0 bridgehead atoms. The second kappa shape index (κ2) is 4.96. The average molecular weight is 235 g/mol. The summed E-state index contributed by atoms with van der Waals surface area (Å²) in [6.45, 7) is 7.37. The summed E-state index contributed by atoms with van der Waals surface area (Å²) in [4.78, 5) is 0. The Labute approximate surface area is 103 Å². The number of rotatable bonds is 4. The SMILES string of the molecule is CCCNC1c2cc(C)cc(OC)c2OC1C. The predicted octanol–water partition coefficient (Wildman–Crippen LogP) is 2.83. The van der Waals surface area contributed by atoms with Gasteiger partial charge in [0.1, 0.15) is 6.10 Å². The number of nitrogens with one attached hydrogen (secondary N) is 1. The smallest absolute Gasteiger partial charge is 0.166 e. The van der Waals surface area contributed by atoms with E-state index < -0.39 is 0 Å². The van der Waals surface area contributed by atoms with Gasteiger partial charge in [0.15, 0.2) is 11.5 Å². The van der Waals surface area contributed by atoms with Gasteiger partial charge in [-0.1, -0.05) is 13.0 Å². The van der Waals surface area contributed by atoms with E-state index in [4.69, 9.17) is 9.47 Å². The molecule has 3 heteroatoms. The third kappa shape index (κ3) is 2.25. The Morgan fingerprint density at radius 2 is 2.18 bits per heavy atom. The highest BCUT2D eigenvalue weighted by Crippen LogP contribution is 2.43. The number of benzene rings is 1. The second-order valence-corrected chi connectivity index (χ2v) is 4.64. The lowest BCUT2D eigenvalue weighted by atomic mass is 10.0. The van der Waals surface area contributed by atoms with E-state index in [9.17, 15) is 0 Å². The molecule has 94 valence electrons. The molecule has 0 aliphatic carbocycles. The van der Waals surface area contributed by atoms with Crippen molar-refractivity contribution in [2.75, 3.05) is 13.7 Å². The van der Waals surface area contributed by atoms with Crippen molar-refractivity contribution in [1.82, 2.24) is 5.32 Å². The normalized spacial score (nSPS) is 22.1. The van der Waals surface area contributed by atoms with Crippen LogP contribution in [0.3, 0.4) is 0 Å². The van der Waals surface area contributed by atoms with Crippen molar-refractivity contribution in [3.63, 3.8) is 0 Å². The molecular formula is C14H21NO2. The topological polar surface area (TPSA) is 30.5 Å². The first-order valence-corrected chi connectivity index (χ1v) is 6.26. The lowest BCUT2D eigenvalue weighted by Gasteiger charge is -2.16. The molecule has 2 unspecified atom stereocenters. The molecule has 1 aliphatic rings. The zero-order chi connectivity index (χ0) is 12.4. The highest BCUT2D eigenvalue weighted by molar-refractivity contribution is 5.53. The van der Waals surface area contributed by atoms with Crippen LogP contribution >= 0.6 is 0 Å². The van der Waals surface area contributed by atoms with E-state index in [1.54, 1.807) is 7.11 Å². The summed E-state index contributed by atoms with van der Waals surface area (Å²) in [5.41, 5.74) is 2.43. The number of fused-ring (bicyclic) bond motifs is 1. The van der Waals surface area contributed by atoms with Crippen LogP contribution in [-0.2, 0) is 0 Å². The van der Waals surface area contributed by atoms with Crippen LogP contribution < -0.4 is 14.8 Å². The Bertz CT molecular complexity index is 403. The third-order valence-corrected chi connectivity index (χ3v) is 3.17. The van der Waals surface area contributed by atoms with E-state index in [-0.39, 0.29) is 12.1 Å². The summed E-state index contributed by atoms with van der Waals surface area (Å²) in [5.74, 6) is 1.74. The average Bonchev–Trinajstić information content (AvgIpc) is 2.62. The number of hydrogen-bond acceptors (Lipinski definition) is 3. The van der Waals surface area contributed by atoms with Crippen molar-refractivity contribution in [2.24, 2.45) is 0 Å². The van der Waals surface area contributed by atoms with Gasteiger partial charge in [0.2, 0.25) is 0 Å². The molecule has 0 fully saturated rings. The molecule has 2 atom stereocenters. The van der Waals surface area contributed by atoms with Crippen LogP contribution in [0.1, 0.15) is 37.4 Å². The standard InChI is InChI=1S/C14H21NO2/c1-5-6-15-13-10(3)17-14-11(13)7-9(2)8-12(14)16-4/h7-8,10,13,15H,5-6H2,1-4H3. The summed E-state index contributed by atoms with van der Waals surface area (Å²) in [6.07, 6.45) is 1.29. The minimum absolute atomic E-state index is 0.159. The van der Waals surface area contributed by atoms with Crippen LogP contribution in [0, 0.1) is 6.92 Å². The van der Waals surface area contributed by atoms with Gasteiger partial charge >= 0.3 is 0 Å².